The molecule has 0 aliphatic heterocycles. The third-order valence-corrected chi connectivity index (χ3v) is 4.38. The van der Waals surface area contributed by atoms with Gasteiger partial charge in [-0.2, -0.15) is 0 Å². The summed E-state index contributed by atoms with van der Waals surface area (Å²) in [5.74, 6) is -0.829. The molecule has 0 spiro atoms. The fraction of sp³-hybridized carbons (Fsp3) is 0.474. The van der Waals surface area contributed by atoms with Gasteiger partial charge in [0.1, 0.15) is 17.8 Å². The molecule has 1 aromatic heterocycles. The summed E-state index contributed by atoms with van der Waals surface area (Å²) in [5, 5.41) is 1.48. The Morgan fingerprint density at radius 1 is 1.15 bits per heavy atom. The number of ether oxygens (including phenoxy) is 1. The number of carbonyl (C=O) groups excluding carboxylic acids is 2. The van der Waals surface area contributed by atoms with E-state index in [-0.39, 0.29) is 23.2 Å². The van der Waals surface area contributed by atoms with E-state index in [1.54, 1.807) is 39.0 Å². The van der Waals surface area contributed by atoms with Crippen LogP contribution in [0.1, 0.15) is 31.3 Å². The first-order chi connectivity index (χ1) is 12.5. The van der Waals surface area contributed by atoms with Crippen molar-refractivity contribution < 1.29 is 14.3 Å². The van der Waals surface area contributed by atoms with Crippen LogP contribution in [0.3, 0.4) is 0 Å². The van der Waals surface area contributed by atoms with Crippen molar-refractivity contribution in [1.29, 1.82) is 0 Å². The van der Waals surface area contributed by atoms with Crippen molar-refractivity contribution in [2.24, 2.45) is 0 Å². The summed E-state index contributed by atoms with van der Waals surface area (Å²) < 4.78 is 5.36. The van der Waals surface area contributed by atoms with E-state index in [0.717, 1.165) is 0 Å². The van der Waals surface area contributed by atoms with Crippen molar-refractivity contribution in [2.45, 2.75) is 26.4 Å². The van der Waals surface area contributed by atoms with Crippen LogP contribution in [0.2, 0.25) is 10.0 Å². The summed E-state index contributed by atoms with van der Waals surface area (Å²) in [5.41, 5.74) is 0.317. The minimum Gasteiger partial charge on any atom is -0.459 e. The summed E-state index contributed by atoms with van der Waals surface area (Å²) in [4.78, 5) is 31.7. The number of benzene rings is 1. The van der Waals surface area contributed by atoms with Crippen molar-refractivity contribution in [3.63, 3.8) is 0 Å². The van der Waals surface area contributed by atoms with Crippen LogP contribution in [0.25, 0.3) is 10.9 Å². The highest BCUT2D eigenvalue weighted by molar-refractivity contribution is 6.39. The maximum atomic E-state index is 13.1. The number of hydrogen-bond donors (Lipinski definition) is 1. The lowest BCUT2D eigenvalue weighted by molar-refractivity contribution is -0.155. The van der Waals surface area contributed by atoms with Crippen molar-refractivity contribution in [3.05, 3.63) is 33.9 Å². The Labute approximate surface area is 169 Å². The van der Waals surface area contributed by atoms with Gasteiger partial charge in [0, 0.05) is 29.0 Å². The third-order valence-electron chi connectivity index (χ3n) is 3.76. The second-order valence-electron chi connectivity index (χ2n) is 7.62. The normalized spacial score (nSPS) is 11.9. The molecule has 1 aromatic carbocycles. The Morgan fingerprint density at radius 3 is 2.41 bits per heavy atom. The van der Waals surface area contributed by atoms with Gasteiger partial charge in [-0.1, -0.05) is 23.2 Å². The molecule has 0 bridgehead atoms. The van der Waals surface area contributed by atoms with Crippen LogP contribution < -0.4 is 0 Å². The SMILES string of the molecule is CN(C)CCN(CC(=O)OC(C)(C)C)C(=O)c1[nH]c2ccc(Cl)cc2c1Cl. The van der Waals surface area contributed by atoms with Gasteiger partial charge in [0.2, 0.25) is 0 Å². The number of fused-ring (bicyclic) bond motifs is 1. The molecule has 6 nitrogen and oxygen atoms in total. The summed E-state index contributed by atoms with van der Waals surface area (Å²) >= 11 is 12.4. The number of aromatic amines is 1. The predicted molar refractivity (Wildman–Crippen MR) is 109 cm³/mol. The Bertz CT molecular complexity index is 841. The van der Waals surface area contributed by atoms with Crippen LogP contribution >= 0.6 is 23.2 Å². The van der Waals surface area contributed by atoms with Crippen LogP contribution in [0.15, 0.2) is 18.2 Å². The van der Waals surface area contributed by atoms with Gasteiger partial charge in [-0.05, 0) is 53.1 Å². The van der Waals surface area contributed by atoms with E-state index >= 15 is 0 Å². The predicted octanol–water partition coefficient (Wildman–Crippen LogP) is 3.82. The number of esters is 1. The topological polar surface area (TPSA) is 65.6 Å². The quantitative estimate of drug-likeness (QED) is 0.730. The summed E-state index contributed by atoms with van der Waals surface area (Å²) in [7, 11) is 3.79. The van der Waals surface area contributed by atoms with E-state index in [2.05, 4.69) is 4.98 Å². The van der Waals surface area contributed by atoms with Gasteiger partial charge in [0.05, 0.1) is 5.02 Å². The average Bonchev–Trinajstić information content (AvgIpc) is 2.85. The maximum Gasteiger partial charge on any atom is 0.326 e. The number of carbonyl (C=O) groups is 2. The molecule has 2 rings (SSSR count). The number of rotatable bonds is 6. The molecule has 0 fully saturated rings. The standard InChI is InChI=1S/C19H25Cl2N3O3/c1-19(2,3)27-15(25)11-24(9-8-23(4)5)18(26)17-16(21)13-10-12(20)6-7-14(13)22-17/h6-7,10,22H,8-9,11H2,1-5H3. The Balaban J connectivity index is 2.30. The minimum atomic E-state index is -0.622. The Morgan fingerprint density at radius 2 is 1.81 bits per heavy atom. The zero-order valence-corrected chi connectivity index (χ0v) is 17.7. The molecule has 0 saturated carbocycles. The lowest BCUT2D eigenvalue weighted by Gasteiger charge is -2.26. The minimum absolute atomic E-state index is 0.156. The van der Waals surface area contributed by atoms with Crippen LogP contribution in [-0.2, 0) is 9.53 Å². The molecule has 0 atom stereocenters. The van der Waals surface area contributed by atoms with Crippen molar-refractivity contribution >= 4 is 46.0 Å². The summed E-state index contributed by atoms with van der Waals surface area (Å²) in [6.45, 7) is 6.16. The van der Waals surface area contributed by atoms with E-state index < -0.39 is 11.6 Å². The van der Waals surface area contributed by atoms with Gasteiger partial charge >= 0.3 is 5.97 Å². The number of nitrogens with zero attached hydrogens (tertiary/aromatic N) is 2. The van der Waals surface area contributed by atoms with Crippen LogP contribution in [-0.4, -0.2) is 66.0 Å². The number of aromatic nitrogens is 1. The zero-order valence-electron chi connectivity index (χ0n) is 16.2. The van der Waals surface area contributed by atoms with Crippen molar-refractivity contribution in [1.82, 2.24) is 14.8 Å². The molecular formula is C19H25Cl2N3O3. The van der Waals surface area contributed by atoms with Gasteiger partial charge in [-0.25, -0.2) is 0 Å². The van der Waals surface area contributed by atoms with Crippen LogP contribution in [0, 0.1) is 0 Å². The monoisotopic (exact) mass is 413 g/mol. The fourth-order valence-electron chi connectivity index (χ4n) is 2.54. The summed E-state index contributed by atoms with van der Waals surface area (Å²) in [6, 6.07) is 5.18. The highest BCUT2D eigenvalue weighted by Gasteiger charge is 2.26. The largest absolute Gasteiger partial charge is 0.459 e. The van der Waals surface area contributed by atoms with Gasteiger partial charge in [-0.3, -0.25) is 9.59 Å². The molecule has 1 heterocycles. The van der Waals surface area contributed by atoms with Crippen LogP contribution in [0.5, 0.6) is 0 Å². The number of amides is 1. The average molecular weight is 414 g/mol. The van der Waals surface area contributed by atoms with Gasteiger partial charge in [0.15, 0.2) is 0 Å². The number of H-pyrrole nitrogens is 1. The molecule has 0 unspecified atom stereocenters. The third kappa shape index (κ3) is 5.86. The first-order valence-electron chi connectivity index (χ1n) is 8.60. The van der Waals surface area contributed by atoms with E-state index in [1.807, 2.05) is 19.0 Å². The molecule has 148 valence electrons. The van der Waals surface area contributed by atoms with Crippen molar-refractivity contribution in [3.8, 4) is 0 Å². The smallest absolute Gasteiger partial charge is 0.326 e. The molecule has 1 N–H and O–H groups in total. The first-order valence-corrected chi connectivity index (χ1v) is 9.36. The first kappa shape index (κ1) is 21.5. The molecule has 0 saturated heterocycles. The fourth-order valence-corrected chi connectivity index (χ4v) is 3.00. The Hall–Kier alpha value is -1.76. The molecule has 0 aliphatic carbocycles. The van der Waals surface area contributed by atoms with E-state index in [1.165, 1.54) is 4.90 Å². The molecule has 1 amide bonds. The lowest BCUT2D eigenvalue weighted by Crippen LogP contribution is -2.42. The highest BCUT2D eigenvalue weighted by atomic mass is 35.5. The zero-order chi connectivity index (χ0) is 20.4. The Kier molecular flexibility index (Phi) is 6.78. The highest BCUT2D eigenvalue weighted by Crippen LogP contribution is 2.30. The van der Waals surface area contributed by atoms with Gasteiger partial charge < -0.3 is 19.5 Å². The maximum absolute atomic E-state index is 13.1. The van der Waals surface area contributed by atoms with E-state index in [0.29, 0.717) is 29.0 Å². The molecule has 27 heavy (non-hydrogen) atoms. The van der Waals surface area contributed by atoms with Crippen molar-refractivity contribution in [2.75, 3.05) is 33.7 Å². The number of hydrogen-bond acceptors (Lipinski definition) is 4. The number of likely N-dealkylation sites (N-methyl/N-ethyl adjacent to an activating group) is 1. The molecular weight excluding hydrogens is 389 g/mol. The van der Waals surface area contributed by atoms with Gasteiger partial charge in [-0.15, -0.1) is 0 Å². The number of nitrogens with one attached hydrogen (secondary N) is 1. The van der Waals surface area contributed by atoms with Crippen LogP contribution in [0.4, 0.5) is 0 Å². The van der Waals surface area contributed by atoms with Gasteiger partial charge in [0.25, 0.3) is 5.91 Å². The number of halogens is 2. The molecule has 0 radical (unpaired) electrons. The van der Waals surface area contributed by atoms with E-state index in [9.17, 15) is 9.59 Å². The second kappa shape index (κ2) is 8.50. The second-order valence-corrected chi connectivity index (χ2v) is 8.43. The summed E-state index contributed by atoms with van der Waals surface area (Å²) in [6.07, 6.45) is 0. The molecule has 0 aliphatic rings. The van der Waals surface area contributed by atoms with E-state index in [4.69, 9.17) is 27.9 Å². The molecule has 8 heteroatoms. The molecule has 2 aromatic rings. The lowest BCUT2D eigenvalue weighted by atomic mass is 10.2.